The Morgan fingerprint density at radius 3 is 2.63 bits per heavy atom. The summed E-state index contributed by atoms with van der Waals surface area (Å²) in [6.45, 7) is 0.768. The molecule has 19 heavy (non-hydrogen) atoms. The largest absolute Gasteiger partial charge is 0.493 e. The molecule has 0 aromatic heterocycles. The predicted octanol–water partition coefficient (Wildman–Crippen LogP) is 4.99. The average molecular weight is 297 g/mol. The highest BCUT2D eigenvalue weighted by atomic mass is 35.5. The van der Waals surface area contributed by atoms with Gasteiger partial charge in [0.15, 0.2) is 0 Å². The summed E-state index contributed by atoms with van der Waals surface area (Å²) in [6, 6.07) is 4.05. The third-order valence-electron chi connectivity index (χ3n) is 5.13. The molecule has 1 aromatic carbocycles. The highest BCUT2D eigenvalue weighted by Crippen LogP contribution is 2.63. The van der Waals surface area contributed by atoms with Crippen LogP contribution in [0.5, 0.6) is 5.75 Å². The molecule has 0 bridgehead atoms. The van der Waals surface area contributed by atoms with Crippen molar-refractivity contribution < 1.29 is 4.74 Å². The van der Waals surface area contributed by atoms with Crippen LogP contribution in [0.25, 0.3) is 0 Å². The normalized spacial score (nSPS) is 33.3. The van der Waals surface area contributed by atoms with Gasteiger partial charge in [-0.1, -0.05) is 24.4 Å². The number of hydrogen-bond donors (Lipinski definition) is 0. The molecule has 1 aromatic rings. The first kappa shape index (κ1) is 12.3. The predicted molar refractivity (Wildman–Crippen MR) is 78.2 cm³/mol. The zero-order valence-electron chi connectivity index (χ0n) is 10.9. The van der Waals surface area contributed by atoms with Gasteiger partial charge in [-0.3, -0.25) is 0 Å². The number of halogens is 2. The molecule has 0 spiro atoms. The van der Waals surface area contributed by atoms with Crippen molar-refractivity contribution in [3.05, 3.63) is 28.3 Å². The number of benzene rings is 1. The summed E-state index contributed by atoms with van der Waals surface area (Å²) in [5, 5.41) is 0.882. The lowest BCUT2D eigenvalue weighted by Gasteiger charge is -2.14. The average Bonchev–Trinajstić information content (AvgIpc) is 2.96. The van der Waals surface area contributed by atoms with Crippen molar-refractivity contribution in [3.63, 3.8) is 0 Å². The highest BCUT2D eigenvalue weighted by Gasteiger charge is 2.54. The van der Waals surface area contributed by atoms with E-state index in [1.165, 1.54) is 31.2 Å². The van der Waals surface area contributed by atoms with E-state index in [2.05, 4.69) is 0 Å². The van der Waals surface area contributed by atoms with Crippen molar-refractivity contribution in [1.29, 1.82) is 0 Å². The van der Waals surface area contributed by atoms with Crippen LogP contribution < -0.4 is 4.74 Å². The third kappa shape index (κ3) is 1.97. The van der Waals surface area contributed by atoms with Gasteiger partial charge in [-0.25, -0.2) is 0 Å². The van der Waals surface area contributed by atoms with E-state index >= 15 is 0 Å². The molecule has 0 amide bonds. The first-order chi connectivity index (χ1) is 9.25. The Balaban J connectivity index is 1.66. The zero-order chi connectivity index (χ0) is 13.0. The maximum Gasteiger partial charge on any atom is 0.127 e. The number of alkyl halides is 1. The lowest BCUT2D eigenvalue weighted by molar-refractivity contribution is 0.352. The van der Waals surface area contributed by atoms with Crippen molar-refractivity contribution in [3.8, 4) is 5.75 Å². The fraction of sp³-hybridized carbons (Fsp3) is 0.625. The standard InChI is InChI=1S/C16H18Cl2O/c17-10-7-9-5-6-19-16(9)13(8-10)15(18)14-11-3-1-2-4-12(11)14/h7-8,11-12,14-15H,1-6H2. The van der Waals surface area contributed by atoms with E-state index in [0.717, 1.165) is 41.2 Å². The Bertz CT molecular complexity index is 502. The summed E-state index contributed by atoms with van der Waals surface area (Å²) >= 11 is 13.0. The van der Waals surface area contributed by atoms with Gasteiger partial charge in [0, 0.05) is 17.0 Å². The highest BCUT2D eigenvalue weighted by molar-refractivity contribution is 6.31. The molecule has 2 saturated carbocycles. The summed E-state index contributed by atoms with van der Waals surface area (Å²) < 4.78 is 5.79. The Morgan fingerprint density at radius 1 is 1.16 bits per heavy atom. The lowest BCUT2D eigenvalue weighted by Crippen LogP contribution is -1.99. The second kappa shape index (κ2) is 4.56. The van der Waals surface area contributed by atoms with Crippen molar-refractivity contribution in [1.82, 2.24) is 0 Å². The summed E-state index contributed by atoms with van der Waals surface area (Å²) in [5.74, 6) is 3.38. The van der Waals surface area contributed by atoms with Gasteiger partial charge in [0.1, 0.15) is 5.75 Å². The van der Waals surface area contributed by atoms with Crippen molar-refractivity contribution in [2.24, 2.45) is 17.8 Å². The zero-order valence-corrected chi connectivity index (χ0v) is 12.4. The van der Waals surface area contributed by atoms with Gasteiger partial charge in [0.25, 0.3) is 0 Å². The van der Waals surface area contributed by atoms with Crippen LogP contribution in [0.2, 0.25) is 5.02 Å². The van der Waals surface area contributed by atoms with E-state index in [4.69, 9.17) is 27.9 Å². The Morgan fingerprint density at radius 2 is 1.89 bits per heavy atom. The quantitative estimate of drug-likeness (QED) is 0.699. The van der Waals surface area contributed by atoms with E-state index in [1.807, 2.05) is 12.1 Å². The SMILES string of the molecule is Clc1cc2c(c(C(Cl)C3C4CCCCC43)c1)OCC2. The molecule has 3 aliphatic rings. The molecule has 3 unspecified atom stereocenters. The molecule has 102 valence electrons. The number of ether oxygens (including phenoxy) is 1. The van der Waals surface area contributed by atoms with Gasteiger partial charge >= 0.3 is 0 Å². The van der Waals surface area contributed by atoms with Crippen LogP contribution in [0, 0.1) is 17.8 Å². The maximum atomic E-state index is 6.80. The lowest BCUT2D eigenvalue weighted by atomic mass is 10.0. The Labute approximate surface area is 124 Å². The topological polar surface area (TPSA) is 9.23 Å². The Hall–Kier alpha value is -0.400. The maximum absolute atomic E-state index is 6.80. The van der Waals surface area contributed by atoms with E-state index in [1.54, 1.807) is 0 Å². The molecule has 0 radical (unpaired) electrons. The molecule has 2 fully saturated rings. The van der Waals surface area contributed by atoms with Gasteiger partial charge in [-0.05, 0) is 48.3 Å². The monoisotopic (exact) mass is 296 g/mol. The molecule has 2 aliphatic carbocycles. The van der Waals surface area contributed by atoms with Crippen LogP contribution in [0.15, 0.2) is 12.1 Å². The van der Waals surface area contributed by atoms with Crippen LogP contribution in [0.4, 0.5) is 0 Å². The minimum atomic E-state index is 0.0821. The van der Waals surface area contributed by atoms with Gasteiger partial charge in [-0.15, -0.1) is 11.6 Å². The third-order valence-corrected chi connectivity index (χ3v) is 5.88. The van der Waals surface area contributed by atoms with Gasteiger partial charge < -0.3 is 4.74 Å². The van der Waals surface area contributed by atoms with E-state index in [0.29, 0.717) is 5.92 Å². The van der Waals surface area contributed by atoms with Crippen LogP contribution >= 0.6 is 23.2 Å². The fourth-order valence-corrected chi connectivity index (χ4v) is 4.98. The molecule has 3 atom stereocenters. The van der Waals surface area contributed by atoms with Gasteiger partial charge in [0.05, 0.1) is 12.0 Å². The summed E-state index contributed by atoms with van der Waals surface area (Å²) in [7, 11) is 0. The number of hydrogen-bond acceptors (Lipinski definition) is 1. The van der Waals surface area contributed by atoms with Gasteiger partial charge in [0.2, 0.25) is 0 Å². The van der Waals surface area contributed by atoms with Crippen LogP contribution in [0.1, 0.15) is 42.2 Å². The second-order valence-corrected chi connectivity index (χ2v) is 7.08. The van der Waals surface area contributed by atoms with E-state index in [-0.39, 0.29) is 5.38 Å². The van der Waals surface area contributed by atoms with Crippen LogP contribution in [-0.2, 0) is 6.42 Å². The summed E-state index contributed by atoms with van der Waals surface area (Å²) in [6.07, 6.45) is 6.45. The summed E-state index contributed by atoms with van der Waals surface area (Å²) in [5.41, 5.74) is 2.37. The molecule has 1 heterocycles. The van der Waals surface area contributed by atoms with E-state index in [9.17, 15) is 0 Å². The molecular formula is C16H18Cl2O. The molecule has 0 N–H and O–H groups in total. The number of fused-ring (bicyclic) bond motifs is 2. The van der Waals surface area contributed by atoms with Crippen LogP contribution in [-0.4, -0.2) is 6.61 Å². The van der Waals surface area contributed by atoms with Crippen LogP contribution in [0.3, 0.4) is 0 Å². The minimum Gasteiger partial charge on any atom is -0.493 e. The first-order valence-corrected chi connectivity index (χ1v) is 8.16. The van der Waals surface area contributed by atoms with Crippen molar-refractivity contribution in [2.75, 3.05) is 6.61 Å². The molecule has 4 rings (SSSR count). The molecule has 1 nitrogen and oxygen atoms in total. The molecule has 1 aliphatic heterocycles. The minimum absolute atomic E-state index is 0.0821. The fourth-order valence-electron chi connectivity index (χ4n) is 4.19. The molecule has 0 saturated heterocycles. The van der Waals surface area contributed by atoms with E-state index < -0.39 is 0 Å². The van der Waals surface area contributed by atoms with Crippen molar-refractivity contribution in [2.45, 2.75) is 37.5 Å². The van der Waals surface area contributed by atoms with Gasteiger partial charge in [-0.2, -0.15) is 0 Å². The molecule has 3 heteroatoms. The Kier molecular flexibility index (Phi) is 2.97. The molecular weight excluding hydrogens is 279 g/mol. The first-order valence-electron chi connectivity index (χ1n) is 7.35. The van der Waals surface area contributed by atoms with Crippen molar-refractivity contribution >= 4 is 23.2 Å². The second-order valence-electron chi connectivity index (χ2n) is 6.17. The smallest absolute Gasteiger partial charge is 0.127 e. The summed E-state index contributed by atoms with van der Waals surface area (Å²) in [4.78, 5) is 0. The number of rotatable bonds is 2.